The summed E-state index contributed by atoms with van der Waals surface area (Å²) >= 11 is 0. The smallest absolute Gasteiger partial charge is 0.407 e. The van der Waals surface area contributed by atoms with E-state index >= 15 is 0 Å². The van der Waals surface area contributed by atoms with Crippen LogP contribution in [0.5, 0.6) is 0 Å². The second-order valence-electron chi connectivity index (χ2n) is 14.6. The van der Waals surface area contributed by atoms with Crippen molar-refractivity contribution in [2.45, 2.75) is 73.5 Å². The summed E-state index contributed by atoms with van der Waals surface area (Å²) in [4.78, 5) is 80.6. The monoisotopic (exact) mass is 872 g/mol. The highest BCUT2D eigenvalue weighted by atomic mass is 16.5. The summed E-state index contributed by atoms with van der Waals surface area (Å²) in [6.07, 6.45) is 3.98. The molecule has 2 heterocycles. The summed E-state index contributed by atoms with van der Waals surface area (Å²) in [6, 6.07) is 28.7. The number of hydrogen-bond donors (Lipinski definition) is 4. The van der Waals surface area contributed by atoms with Crippen LogP contribution in [0.3, 0.4) is 0 Å². The third-order valence-corrected chi connectivity index (χ3v) is 9.59. The molecule has 0 fully saturated rings. The Hall–Kier alpha value is -7.29. The number of imidazole rings is 2. The van der Waals surface area contributed by atoms with Crippen molar-refractivity contribution in [1.82, 2.24) is 40.4 Å². The fourth-order valence-corrected chi connectivity index (χ4v) is 6.64. The molecule has 338 valence electrons. The quantitative estimate of drug-likeness (QED) is 0.0736. The van der Waals surface area contributed by atoms with Crippen molar-refractivity contribution in [2.75, 3.05) is 33.9 Å². The summed E-state index contributed by atoms with van der Waals surface area (Å²) in [5.74, 6) is 0.201. The predicted molar refractivity (Wildman–Crippen MR) is 249 cm³/mol. The Morgan fingerprint density at radius 2 is 1.19 bits per heavy atom. The van der Waals surface area contributed by atoms with Crippen LogP contribution in [0.4, 0.5) is 9.59 Å². The number of hydrogen-bond acceptors (Lipinski definition) is 9. The molecule has 0 radical (unpaired) electrons. The number of carbonyl (C=O) groups is 5. The van der Waals surface area contributed by atoms with Gasteiger partial charge in [-0.15, -0.1) is 0 Å². The Bertz CT molecular complexity index is 2450. The van der Waals surface area contributed by atoms with Crippen LogP contribution < -0.4 is 10.6 Å². The van der Waals surface area contributed by atoms with Gasteiger partial charge in [0.15, 0.2) is 0 Å². The van der Waals surface area contributed by atoms with Crippen LogP contribution >= 0.6 is 0 Å². The molecule has 0 aliphatic rings. The maximum Gasteiger partial charge on any atom is 0.407 e. The first-order chi connectivity index (χ1) is 31.0. The van der Waals surface area contributed by atoms with Gasteiger partial charge in [-0.25, -0.2) is 19.6 Å². The van der Waals surface area contributed by atoms with Crippen molar-refractivity contribution in [3.05, 3.63) is 121 Å². The van der Waals surface area contributed by atoms with Crippen LogP contribution in [-0.4, -0.2) is 93.4 Å². The SMILES string of the molecule is CC.CCC.CCCN(Cc1ncc(-c2ccc(-c3ccc4cc(-c5cnc(CN(CC(C)=O)C(=O)CNC(=O)OC)[nH]5)ccc4c3)cc2)[nH]1)C(=O)C(NC(=O)OC)c1ccccc1. The normalized spacial score (nSPS) is 10.9. The molecule has 1 atom stereocenters. The molecule has 4 N–H and O–H groups in total. The number of nitrogens with one attached hydrogen (secondary N) is 4. The number of nitrogens with zero attached hydrogens (tertiary/aromatic N) is 4. The zero-order valence-corrected chi connectivity index (χ0v) is 38.0. The number of aromatic nitrogens is 4. The molecule has 15 nitrogen and oxygen atoms in total. The lowest BCUT2D eigenvalue weighted by Gasteiger charge is -2.27. The van der Waals surface area contributed by atoms with E-state index in [4.69, 9.17) is 4.74 Å². The zero-order valence-electron chi connectivity index (χ0n) is 38.0. The van der Waals surface area contributed by atoms with Crippen LogP contribution in [0.1, 0.15) is 77.6 Å². The average Bonchev–Trinajstić information content (AvgIpc) is 4.00. The highest BCUT2D eigenvalue weighted by molar-refractivity contribution is 5.91. The van der Waals surface area contributed by atoms with Crippen LogP contribution in [0, 0.1) is 0 Å². The number of alkyl carbamates (subject to hydrolysis) is 2. The minimum absolute atomic E-state index is 0.0599. The van der Waals surface area contributed by atoms with E-state index in [2.05, 4.69) is 85.6 Å². The van der Waals surface area contributed by atoms with Gasteiger partial charge in [-0.1, -0.05) is 120 Å². The fraction of sp³-hybridized carbons (Fsp3) is 0.327. The standard InChI is InChI=1S/C44H46N8O7.C3H8.C2H6/c1-5-19-51(42(55)41(50-44(57)59-4)31-9-7-6-8-10-31)26-38-45-22-36(48-38)30-13-11-29(12-14-30)32-15-16-34-21-35(18-17-33(34)20-32)37-23-46-39(49-37)27-52(25-28(2)53)40(54)24-47-43(56)58-3;1-3-2;1-2/h6-18,20-23,41H,5,19,24-27H2,1-4H3,(H,45,48)(H,46,49)(H,47,56)(H,50,57);3H2,1-2H3;1-2H3. The molecule has 0 saturated heterocycles. The van der Waals surface area contributed by atoms with Gasteiger partial charge in [-0.3, -0.25) is 14.4 Å². The third-order valence-electron chi connectivity index (χ3n) is 9.59. The number of ketones is 1. The second-order valence-corrected chi connectivity index (χ2v) is 14.6. The largest absolute Gasteiger partial charge is 0.453 e. The molecule has 2 aromatic heterocycles. The van der Waals surface area contributed by atoms with Crippen molar-refractivity contribution < 1.29 is 33.4 Å². The Morgan fingerprint density at radius 3 is 1.75 bits per heavy atom. The first kappa shape index (κ1) is 49.4. The van der Waals surface area contributed by atoms with Gasteiger partial charge in [0.25, 0.3) is 0 Å². The van der Waals surface area contributed by atoms with Gasteiger partial charge >= 0.3 is 12.2 Å². The van der Waals surface area contributed by atoms with Gasteiger partial charge in [0.2, 0.25) is 11.8 Å². The molecule has 6 aromatic rings. The Balaban J connectivity index is 0.00000172. The number of fused-ring (bicyclic) bond motifs is 1. The Morgan fingerprint density at radius 1 is 0.672 bits per heavy atom. The summed E-state index contributed by atoms with van der Waals surface area (Å²) in [7, 11) is 2.47. The number of Topliss-reactive ketones (excluding diaryl/α,β-unsaturated/α-hetero) is 1. The van der Waals surface area contributed by atoms with E-state index in [9.17, 15) is 24.0 Å². The van der Waals surface area contributed by atoms with Crippen molar-refractivity contribution in [3.8, 4) is 33.6 Å². The molecule has 64 heavy (non-hydrogen) atoms. The summed E-state index contributed by atoms with van der Waals surface area (Å²) in [5.41, 5.74) is 6.14. The van der Waals surface area contributed by atoms with Gasteiger partial charge < -0.3 is 39.9 Å². The Kier molecular flexibility index (Phi) is 19.3. The van der Waals surface area contributed by atoms with E-state index in [0.717, 1.165) is 50.8 Å². The van der Waals surface area contributed by atoms with Crippen LogP contribution in [0.25, 0.3) is 44.4 Å². The summed E-state index contributed by atoms with van der Waals surface area (Å²) in [5, 5.41) is 7.10. The summed E-state index contributed by atoms with van der Waals surface area (Å²) in [6.45, 7) is 12.0. The molecule has 15 heteroatoms. The minimum Gasteiger partial charge on any atom is -0.453 e. The number of carbonyl (C=O) groups excluding carboxylic acids is 5. The van der Waals surface area contributed by atoms with Crippen LogP contribution in [0.15, 0.2) is 103 Å². The highest BCUT2D eigenvalue weighted by Gasteiger charge is 2.28. The number of ether oxygens (including phenoxy) is 2. The van der Waals surface area contributed by atoms with E-state index in [0.29, 0.717) is 23.8 Å². The fourth-order valence-electron chi connectivity index (χ4n) is 6.64. The minimum atomic E-state index is -0.911. The molecule has 0 saturated carbocycles. The topological polar surface area (TPSA) is 192 Å². The van der Waals surface area contributed by atoms with Crippen molar-refractivity contribution in [1.29, 1.82) is 0 Å². The molecule has 0 aliphatic heterocycles. The molecule has 4 amide bonds. The van der Waals surface area contributed by atoms with Crippen molar-refractivity contribution >= 4 is 40.6 Å². The average molecular weight is 873 g/mol. The second kappa shape index (κ2) is 25.0. The van der Waals surface area contributed by atoms with Gasteiger partial charge in [-0.2, -0.15) is 0 Å². The van der Waals surface area contributed by atoms with E-state index < -0.39 is 24.1 Å². The molecule has 0 spiro atoms. The molecule has 0 bridgehead atoms. The summed E-state index contributed by atoms with van der Waals surface area (Å²) < 4.78 is 9.33. The lowest BCUT2D eigenvalue weighted by molar-refractivity contribution is -0.134. The van der Waals surface area contributed by atoms with Gasteiger partial charge in [0, 0.05) is 12.1 Å². The van der Waals surface area contributed by atoms with E-state index in [1.54, 1.807) is 29.4 Å². The maximum atomic E-state index is 13.8. The molecule has 0 aliphatic carbocycles. The Labute approximate surface area is 375 Å². The molecule has 1 unspecified atom stereocenters. The third kappa shape index (κ3) is 13.9. The lowest BCUT2D eigenvalue weighted by atomic mass is 9.98. The molecular formula is C49H60N8O7. The zero-order chi connectivity index (χ0) is 46.6. The molecular weight excluding hydrogens is 813 g/mol. The number of H-pyrrole nitrogens is 2. The first-order valence-electron chi connectivity index (χ1n) is 21.5. The number of aromatic amines is 2. The first-order valence-corrected chi connectivity index (χ1v) is 21.5. The number of methoxy groups -OCH3 is 2. The van der Waals surface area contributed by atoms with Gasteiger partial charge in [0.1, 0.15) is 30.0 Å². The van der Waals surface area contributed by atoms with Crippen LogP contribution in [-0.2, 0) is 36.9 Å². The highest BCUT2D eigenvalue weighted by Crippen LogP contribution is 2.30. The maximum absolute atomic E-state index is 13.8. The van der Waals surface area contributed by atoms with Crippen LogP contribution in [0.2, 0.25) is 0 Å². The molecule has 4 aromatic carbocycles. The number of benzene rings is 4. The van der Waals surface area contributed by atoms with E-state index in [1.165, 1.54) is 32.5 Å². The van der Waals surface area contributed by atoms with E-state index in [-0.39, 0.29) is 37.9 Å². The number of amides is 4. The van der Waals surface area contributed by atoms with Crippen molar-refractivity contribution in [2.24, 2.45) is 0 Å². The van der Waals surface area contributed by atoms with Crippen molar-refractivity contribution in [3.63, 3.8) is 0 Å². The number of rotatable bonds is 16. The predicted octanol–water partition coefficient (Wildman–Crippen LogP) is 8.84. The van der Waals surface area contributed by atoms with E-state index in [1.807, 2.05) is 63.2 Å². The lowest BCUT2D eigenvalue weighted by Crippen LogP contribution is -2.43. The van der Waals surface area contributed by atoms with Gasteiger partial charge in [-0.05, 0) is 58.5 Å². The van der Waals surface area contributed by atoms with Gasteiger partial charge in [0.05, 0.1) is 57.6 Å². The molecule has 6 rings (SSSR count).